The number of rotatable bonds is 5. The van der Waals surface area contributed by atoms with Crippen molar-refractivity contribution < 1.29 is 9.18 Å². The van der Waals surface area contributed by atoms with Crippen LogP contribution in [0.25, 0.3) is 0 Å². The second kappa shape index (κ2) is 8.18. The third kappa shape index (κ3) is 5.29. The zero-order valence-electron chi connectivity index (χ0n) is 12.2. The molecule has 1 unspecified atom stereocenters. The van der Waals surface area contributed by atoms with E-state index in [4.69, 9.17) is 0 Å². The maximum Gasteiger partial charge on any atom is 0.233 e. The molecular formula is C16H21BrFNOS. The number of amides is 1. The van der Waals surface area contributed by atoms with E-state index in [0.29, 0.717) is 17.4 Å². The van der Waals surface area contributed by atoms with E-state index in [0.717, 1.165) is 17.3 Å². The van der Waals surface area contributed by atoms with E-state index in [1.165, 1.54) is 37.1 Å². The van der Waals surface area contributed by atoms with Crippen LogP contribution in [0.5, 0.6) is 0 Å². The van der Waals surface area contributed by atoms with Gasteiger partial charge in [0, 0.05) is 16.3 Å². The highest BCUT2D eigenvalue weighted by molar-refractivity contribution is 9.10. The van der Waals surface area contributed by atoms with Crippen LogP contribution in [0.2, 0.25) is 0 Å². The highest BCUT2D eigenvalue weighted by Crippen LogP contribution is 2.23. The molecule has 0 saturated heterocycles. The lowest BCUT2D eigenvalue weighted by molar-refractivity contribution is -0.121. The van der Waals surface area contributed by atoms with Crippen molar-refractivity contribution in [1.29, 1.82) is 0 Å². The van der Waals surface area contributed by atoms with Crippen LogP contribution in [0.3, 0.4) is 0 Å². The maximum absolute atomic E-state index is 13.7. The quantitative estimate of drug-likeness (QED) is 0.812. The number of carbonyl (C=O) groups is 1. The monoisotopic (exact) mass is 373 g/mol. The molecule has 0 heterocycles. The second-order valence-corrected chi connectivity index (χ2v) is 7.78. The predicted octanol–water partition coefficient (Wildman–Crippen LogP) is 4.66. The van der Waals surface area contributed by atoms with Crippen molar-refractivity contribution in [3.8, 4) is 0 Å². The van der Waals surface area contributed by atoms with Crippen LogP contribution < -0.4 is 5.32 Å². The molecule has 2 nitrogen and oxygen atoms in total. The van der Waals surface area contributed by atoms with Gasteiger partial charge in [0.2, 0.25) is 5.91 Å². The van der Waals surface area contributed by atoms with Crippen molar-refractivity contribution in [2.45, 2.75) is 56.1 Å². The Balaban J connectivity index is 1.80. The van der Waals surface area contributed by atoms with E-state index in [9.17, 15) is 9.18 Å². The van der Waals surface area contributed by atoms with Gasteiger partial charge >= 0.3 is 0 Å². The molecule has 1 aliphatic carbocycles. The van der Waals surface area contributed by atoms with Gasteiger partial charge in [-0.25, -0.2) is 4.39 Å². The van der Waals surface area contributed by atoms with E-state index in [-0.39, 0.29) is 17.0 Å². The molecule has 1 amide bonds. The van der Waals surface area contributed by atoms with Crippen LogP contribution in [0, 0.1) is 5.82 Å². The minimum atomic E-state index is -0.225. The minimum Gasteiger partial charge on any atom is -0.352 e. The Labute approximate surface area is 138 Å². The Hall–Kier alpha value is -0.550. The number of carbonyl (C=O) groups excluding carboxylic acids is 1. The van der Waals surface area contributed by atoms with Gasteiger partial charge < -0.3 is 5.32 Å². The molecule has 116 valence electrons. The lowest BCUT2D eigenvalue weighted by Crippen LogP contribution is -2.40. The fraction of sp³-hybridized carbons (Fsp3) is 0.562. The Kier molecular flexibility index (Phi) is 6.55. The van der Waals surface area contributed by atoms with Gasteiger partial charge in [-0.15, -0.1) is 11.8 Å². The van der Waals surface area contributed by atoms with Gasteiger partial charge in [-0.3, -0.25) is 4.79 Å². The summed E-state index contributed by atoms with van der Waals surface area (Å²) in [4.78, 5) is 12.1. The van der Waals surface area contributed by atoms with Crippen molar-refractivity contribution in [1.82, 2.24) is 5.32 Å². The second-order valence-electron chi connectivity index (χ2n) is 5.53. The number of benzene rings is 1. The van der Waals surface area contributed by atoms with Crippen LogP contribution >= 0.6 is 27.7 Å². The molecule has 1 aromatic carbocycles. The van der Waals surface area contributed by atoms with Crippen molar-refractivity contribution in [3.63, 3.8) is 0 Å². The Morgan fingerprint density at radius 2 is 2.14 bits per heavy atom. The summed E-state index contributed by atoms with van der Waals surface area (Å²) in [6, 6.07) is 5.38. The highest BCUT2D eigenvalue weighted by Gasteiger charge is 2.20. The van der Waals surface area contributed by atoms with Crippen LogP contribution in [0.1, 0.15) is 44.6 Å². The summed E-state index contributed by atoms with van der Waals surface area (Å²) in [5, 5.41) is 2.96. The van der Waals surface area contributed by atoms with Gasteiger partial charge in [-0.1, -0.05) is 41.3 Å². The first-order chi connectivity index (χ1) is 10.1. The average Bonchev–Trinajstić information content (AvgIpc) is 2.47. The van der Waals surface area contributed by atoms with Crippen LogP contribution in [-0.2, 0) is 10.5 Å². The summed E-state index contributed by atoms with van der Waals surface area (Å²) < 4.78 is 14.5. The molecule has 0 radical (unpaired) electrons. The molecule has 1 aliphatic rings. The third-order valence-corrected chi connectivity index (χ3v) is 5.51. The van der Waals surface area contributed by atoms with Gasteiger partial charge in [0.15, 0.2) is 0 Å². The number of hydrogen-bond acceptors (Lipinski definition) is 2. The largest absolute Gasteiger partial charge is 0.352 e. The fourth-order valence-electron chi connectivity index (χ4n) is 2.49. The molecular weight excluding hydrogens is 353 g/mol. The standard InChI is InChI=1S/C16H21BrFNOS/c1-11(16(20)19-14-5-3-2-4-6-14)21-10-12-7-8-13(17)9-15(12)18/h7-9,11,14H,2-6,10H2,1H3,(H,19,20). The Morgan fingerprint density at radius 1 is 1.43 bits per heavy atom. The smallest absolute Gasteiger partial charge is 0.233 e. The summed E-state index contributed by atoms with van der Waals surface area (Å²) in [5.74, 6) is 0.361. The first kappa shape index (κ1) is 16.8. The predicted molar refractivity (Wildman–Crippen MR) is 89.9 cm³/mol. The lowest BCUT2D eigenvalue weighted by Gasteiger charge is -2.24. The van der Waals surface area contributed by atoms with Crippen molar-refractivity contribution >= 4 is 33.6 Å². The van der Waals surface area contributed by atoms with E-state index in [1.807, 2.05) is 13.0 Å². The molecule has 1 aromatic rings. The third-order valence-electron chi connectivity index (χ3n) is 3.82. The minimum absolute atomic E-state index is 0.0735. The van der Waals surface area contributed by atoms with Crippen LogP contribution in [0.4, 0.5) is 4.39 Å². The topological polar surface area (TPSA) is 29.1 Å². The van der Waals surface area contributed by atoms with Gasteiger partial charge in [0.25, 0.3) is 0 Å². The van der Waals surface area contributed by atoms with E-state index in [2.05, 4.69) is 21.2 Å². The maximum atomic E-state index is 13.7. The number of hydrogen-bond donors (Lipinski definition) is 1. The lowest BCUT2D eigenvalue weighted by atomic mass is 9.95. The van der Waals surface area contributed by atoms with E-state index >= 15 is 0 Å². The normalized spacial score (nSPS) is 17.5. The first-order valence-electron chi connectivity index (χ1n) is 7.42. The zero-order chi connectivity index (χ0) is 15.2. The molecule has 1 fully saturated rings. The van der Waals surface area contributed by atoms with Gasteiger partial charge in [-0.05, 0) is 37.5 Å². The van der Waals surface area contributed by atoms with Gasteiger partial charge in [-0.2, -0.15) is 0 Å². The molecule has 1 N–H and O–H groups in total. The molecule has 0 bridgehead atoms. The molecule has 0 aliphatic heterocycles. The van der Waals surface area contributed by atoms with Gasteiger partial charge in [0.1, 0.15) is 5.82 Å². The van der Waals surface area contributed by atoms with E-state index < -0.39 is 0 Å². The Morgan fingerprint density at radius 3 is 2.81 bits per heavy atom. The number of thioether (sulfide) groups is 1. The Bertz CT molecular complexity index is 491. The van der Waals surface area contributed by atoms with Crippen LogP contribution in [0.15, 0.2) is 22.7 Å². The van der Waals surface area contributed by atoms with Crippen LogP contribution in [-0.4, -0.2) is 17.2 Å². The summed E-state index contributed by atoms with van der Waals surface area (Å²) in [6.45, 7) is 1.89. The van der Waals surface area contributed by atoms with Gasteiger partial charge in [0.05, 0.1) is 5.25 Å². The highest BCUT2D eigenvalue weighted by atomic mass is 79.9. The summed E-state index contributed by atoms with van der Waals surface area (Å²) in [6.07, 6.45) is 5.86. The molecule has 0 spiro atoms. The van der Waals surface area contributed by atoms with Crippen molar-refractivity contribution in [2.75, 3.05) is 0 Å². The summed E-state index contributed by atoms with van der Waals surface area (Å²) in [5.41, 5.74) is 0.639. The SMILES string of the molecule is CC(SCc1ccc(Br)cc1F)C(=O)NC1CCCCC1. The fourth-order valence-corrected chi connectivity index (χ4v) is 3.71. The zero-order valence-corrected chi connectivity index (χ0v) is 14.6. The summed E-state index contributed by atoms with van der Waals surface area (Å²) in [7, 11) is 0. The van der Waals surface area contributed by atoms with Crippen molar-refractivity contribution in [2.24, 2.45) is 0 Å². The number of halogens is 2. The van der Waals surface area contributed by atoms with E-state index in [1.54, 1.807) is 6.07 Å². The average molecular weight is 374 g/mol. The van der Waals surface area contributed by atoms with Crippen molar-refractivity contribution in [3.05, 3.63) is 34.1 Å². The molecule has 5 heteroatoms. The number of nitrogens with one attached hydrogen (secondary N) is 1. The molecule has 0 aromatic heterocycles. The molecule has 1 atom stereocenters. The molecule has 21 heavy (non-hydrogen) atoms. The summed E-state index contributed by atoms with van der Waals surface area (Å²) >= 11 is 4.72. The first-order valence-corrected chi connectivity index (χ1v) is 9.26. The molecule has 1 saturated carbocycles. The molecule has 2 rings (SSSR count).